The standard InChI is InChI=1S/C35H38Cl3N3O4/c1-7-34(3,4)22-12-13-30(26(15-22)35(5,6)8-2)45-20-31(43)39-24-11-9-10-21(14-24)29(42)18-25-19-32(44)41(40-25)33-27(37)16-23(36)17-28(33)38/h9-17H,7-8,18-20H2,1-6H3,(H,39,43). The Labute approximate surface area is 279 Å². The van der Waals surface area contributed by atoms with E-state index in [-0.39, 0.29) is 63.6 Å². The second kappa shape index (κ2) is 13.9. The van der Waals surface area contributed by atoms with Crippen LogP contribution in [0.15, 0.2) is 59.7 Å². The molecule has 45 heavy (non-hydrogen) atoms. The first-order valence-electron chi connectivity index (χ1n) is 14.9. The summed E-state index contributed by atoms with van der Waals surface area (Å²) in [6, 6.07) is 15.8. The fraction of sp³-hybridized carbons (Fsp3) is 0.371. The number of hydrogen-bond donors (Lipinski definition) is 1. The zero-order valence-corrected chi connectivity index (χ0v) is 28.7. The Bertz CT molecular complexity index is 1640. The van der Waals surface area contributed by atoms with E-state index >= 15 is 0 Å². The highest BCUT2D eigenvalue weighted by atomic mass is 35.5. The molecule has 0 unspecified atom stereocenters. The molecule has 0 atom stereocenters. The highest BCUT2D eigenvalue weighted by molar-refractivity contribution is 6.42. The molecule has 238 valence electrons. The number of nitrogens with zero attached hydrogens (tertiary/aromatic N) is 2. The van der Waals surface area contributed by atoms with E-state index in [9.17, 15) is 14.4 Å². The maximum Gasteiger partial charge on any atom is 0.262 e. The minimum absolute atomic E-state index is 0.0222. The van der Waals surface area contributed by atoms with E-state index < -0.39 is 0 Å². The third-order valence-electron chi connectivity index (χ3n) is 8.48. The van der Waals surface area contributed by atoms with Crippen LogP contribution in [0, 0.1) is 0 Å². The summed E-state index contributed by atoms with van der Waals surface area (Å²) in [7, 11) is 0. The number of benzene rings is 3. The molecule has 0 fully saturated rings. The largest absolute Gasteiger partial charge is 0.483 e. The van der Waals surface area contributed by atoms with E-state index in [1.54, 1.807) is 24.3 Å². The first-order valence-corrected chi connectivity index (χ1v) is 16.0. The Morgan fingerprint density at radius 1 is 0.933 bits per heavy atom. The summed E-state index contributed by atoms with van der Waals surface area (Å²) in [6.07, 6.45) is 1.77. The van der Waals surface area contributed by atoms with Gasteiger partial charge in [-0.15, -0.1) is 0 Å². The number of hydrazone groups is 1. The number of halogens is 3. The van der Waals surface area contributed by atoms with Crippen LogP contribution in [0.25, 0.3) is 0 Å². The smallest absolute Gasteiger partial charge is 0.262 e. The van der Waals surface area contributed by atoms with Gasteiger partial charge in [0.2, 0.25) is 0 Å². The van der Waals surface area contributed by atoms with Gasteiger partial charge in [0.05, 0.1) is 28.6 Å². The van der Waals surface area contributed by atoms with Crippen molar-refractivity contribution in [1.29, 1.82) is 0 Å². The highest BCUT2D eigenvalue weighted by Gasteiger charge is 2.30. The third kappa shape index (κ3) is 8.07. The van der Waals surface area contributed by atoms with E-state index in [1.165, 1.54) is 17.7 Å². The van der Waals surface area contributed by atoms with E-state index in [0.717, 1.165) is 23.4 Å². The molecule has 0 saturated heterocycles. The number of ether oxygens (including phenoxy) is 1. The first kappa shape index (κ1) is 34.5. The molecule has 1 N–H and O–H groups in total. The molecule has 1 aliphatic heterocycles. The predicted molar refractivity (Wildman–Crippen MR) is 184 cm³/mol. The molecule has 0 saturated carbocycles. The SMILES string of the molecule is CCC(C)(C)c1ccc(OCC(=O)Nc2cccc(C(=O)CC3=NN(c4c(Cl)cc(Cl)cc4Cl)C(=O)C3)c2)c(C(C)(C)CC)c1. The lowest BCUT2D eigenvalue weighted by molar-refractivity contribution is -0.118. The van der Waals surface area contributed by atoms with E-state index in [1.807, 2.05) is 6.07 Å². The van der Waals surface area contributed by atoms with Crippen molar-refractivity contribution in [3.63, 3.8) is 0 Å². The normalized spacial score (nSPS) is 13.6. The average molecular weight is 671 g/mol. The number of rotatable bonds is 12. The second-order valence-electron chi connectivity index (χ2n) is 12.5. The molecule has 7 nitrogen and oxygen atoms in total. The lowest BCUT2D eigenvalue weighted by Crippen LogP contribution is -2.24. The molecule has 1 aliphatic rings. The molecule has 3 aromatic carbocycles. The van der Waals surface area contributed by atoms with Gasteiger partial charge in [0.25, 0.3) is 11.8 Å². The lowest BCUT2D eigenvalue weighted by atomic mass is 9.76. The van der Waals surface area contributed by atoms with Crippen LogP contribution >= 0.6 is 34.8 Å². The van der Waals surface area contributed by atoms with Gasteiger partial charge in [-0.05, 0) is 59.6 Å². The zero-order valence-electron chi connectivity index (χ0n) is 26.4. The van der Waals surface area contributed by atoms with Gasteiger partial charge in [-0.3, -0.25) is 14.4 Å². The Kier molecular flexibility index (Phi) is 10.7. The number of carbonyl (C=O) groups is 3. The second-order valence-corrected chi connectivity index (χ2v) is 13.7. The number of amides is 2. The van der Waals surface area contributed by atoms with Gasteiger partial charge >= 0.3 is 0 Å². The predicted octanol–water partition coefficient (Wildman–Crippen LogP) is 9.41. The van der Waals surface area contributed by atoms with Crippen molar-refractivity contribution in [3.8, 4) is 5.75 Å². The summed E-state index contributed by atoms with van der Waals surface area (Å²) >= 11 is 18.5. The molecular weight excluding hydrogens is 633 g/mol. The summed E-state index contributed by atoms with van der Waals surface area (Å²) in [4.78, 5) is 38.7. The molecule has 10 heteroatoms. The van der Waals surface area contributed by atoms with Crippen molar-refractivity contribution < 1.29 is 19.1 Å². The van der Waals surface area contributed by atoms with Crippen molar-refractivity contribution in [2.45, 2.75) is 78.1 Å². The monoisotopic (exact) mass is 669 g/mol. The van der Waals surface area contributed by atoms with Crippen LogP contribution in [0.1, 0.15) is 88.7 Å². The lowest BCUT2D eigenvalue weighted by Gasteiger charge is -2.30. The number of nitrogens with one attached hydrogen (secondary N) is 1. The van der Waals surface area contributed by atoms with Crippen molar-refractivity contribution in [3.05, 3.63) is 86.4 Å². The number of hydrogen-bond acceptors (Lipinski definition) is 5. The van der Waals surface area contributed by atoms with Crippen LogP contribution in [-0.2, 0) is 20.4 Å². The summed E-state index contributed by atoms with van der Waals surface area (Å²) in [5.41, 5.74) is 3.59. The third-order valence-corrected chi connectivity index (χ3v) is 9.27. The van der Waals surface area contributed by atoms with Gasteiger partial charge in [0, 0.05) is 21.8 Å². The average Bonchev–Trinajstić information content (AvgIpc) is 3.34. The van der Waals surface area contributed by atoms with Gasteiger partial charge in [0.15, 0.2) is 12.4 Å². The molecular formula is C35H38Cl3N3O4. The number of ketones is 1. The molecule has 4 rings (SSSR count). The Morgan fingerprint density at radius 3 is 2.24 bits per heavy atom. The van der Waals surface area contributed by atoms with Gasteiger partial charge < -0.3 is 10.1 Å². The van der Waals surface area contributed by atoms with Gasteiger partial charge in [-0.2, -0.15) is 10.1 Å². The molecule has 0 aliphatic carbocycles. The molecule has 0 bridgehead atoms. The quantitative estimate of drug-likeness (QED) is 0.195. The van der Waals surface area contributed by atoms with Gasteiger partial charge in [0.1, 0.15) is 11.4 Å². The van der Waals surface area contributed by atoms with E-state index in [0.29, 0.717) is 27.7 Å². The summed E-state index contributed by atoms with van der Waals surface area (Å²) in [5.74, 6) is -0.292. The maximum absolute atomic E-state index is 13.1. The fourth-order valence-electron chi connectivity index (χ4n) is 4.89. The fourth-order valence-corrected chi connectivity index (χ4v) is 5.87. The zero-order chi connectivity index (χ0) is 33.1. The minimum atomic E-state index is -0.362. The van der Waals surface area contributed by atoms with Crippen molar-refractivity contribution in [2.24, 2.45) is 5.10 Å². The topological polar surface area (TPSA) is 88.1 Å². The van der Waals surface area contributed by atoms with Gasteiger partial charge in [-0.1, -0.05) is 101 Å². The van der Waals surface area contributed by atoms with Crippen LogP contribution in [-0.4, -0.2) is 29.9 Å². The van der Waals surface area contributed by atoms with Crippen LogP contribution in [0.5, 0.6) is 5.75 Å². The first-order chi connectivity index (χ1) is 21.1. The minimum Gasteiger partial charge on any atom is -0.483 e. The van der Waals surface area contributed by atoms with Crippen LogP contribution in [0.4, 0.5) is 11.4 Å². The molecule has 0 aromatic heterocycles. The summed E-state index contributed by atoms with van der Waals surface area (Å²) in [6.45, 7) is 12.9. The van der Waals surface area contributed by atoms with Crippen LogP contribution in [0.3, 0.4) is 0 Å². The van der Waals surface area contributed by atoms with Crippen molar-refractivity contribution >= 4 is 69.5 Å². The number of carbonyl (C=O) groups excluding carboxylic acids is 3. The van der Waals surface area contributed by atoms with Crippen molar-refractivity contribution in [2.75, 3.05) is 16.9 Å². The van der Waals surface area contributed by atoms with Crippen molar-refractivity contribution in [1.82, 2.24) is 0 Å². The summed E-state index contributed by atoms with van der Waals surface area (Å²) < 4.78 is 6.05. The summed E-state index contributed by atoms with van der Waals surface area (Å²) in [5, 5.41) is 8.91. The Morgan fingerprint density at radius 2 is 1.60 bits per heavy atom. The maximum atomic E-state index is 13.1. The number of Topliss-reactive ketones (excluding diaryl/α,β-unsaturated/α-hetero) is 1. The molecule has 1 heterocycles. The number of anilines is 2. The highest BCUT2D eigenvalue weighted by Crippen LogP contribution is 2.40. The van der Waals surface area contributed by atoms with E-state index in [2.05, 4.69) is 64.1 Å². The molecule has 3 aromatic rings. The van der Waals surface area contributed by atoms with Crippen LogP contribution in [0.2, 0.25) is 15.1 Å². The van der Waals surface area contributed by atoms with Crippen LogP contribution < -0.4 is 15.1 Å². The van der Waals surface area contributed by atoms with Gasteiger partial charge in [-0.25, -0.2) is 0 Å². The molecule has 0 radical (unpaired) electrons. The molecule has 0 spiro atoms. The van der Waals surface area contributed by atoms with E-state index in [4.69, 9.17) is 39.5 Å². The Balaban J connectivity index is 1.43. The molecule has 2 amide bonds. The Hall–Kier alpha value is -3.39.